The second-order valence-electron chi connectivity index (χ2n) is 4.41. The van der Waals surface area contributed by atoms with Crippen LogP contribution >= 0.6 is 0 Å². The van der Waals surface area contributed by atoms with E-state index in [1.54, 1.807) is 0 Å². The topological polar surface area (TPSA) is 67.1 Å². The van der Waals surface area contributed by atoms with Crippen LogP contribution in [0, 0.1) is 0 Å². The molecule has 6 heteroatoms. The van der Waals surface area contributed by atoms with E-state index in [4.69, 9.17) is 0 Å². The molecule has 0 bridgehead atoms. The number of carbonyl (C=O) groups is 2. The standard InChI is InChI=1S/C9H16N4O2/c1-12-2-4-13(5-3-12)7-6-8(14)10-11-9(7)15/h7H,2-6H2,1H3,(H,10,14)(H,11,15)/p+2/t7-/m1/s1. The summed E-state index contributed by atoms with van der Waals surface area (Å²) < 4.78 is 0. The van der Waals surface area contributed by atoms with Crippen molar-refractivity contribution >= 4 is 11.8 Å². The number of nitrogens with one attached hydrogen (secondary N) is 4. The van der Waals surface area contributed by atoms with Crippen molar-refractivity contribution in [2.45, 2.75) is 12.5 Å². The third kappa shape index (κ3) is 2.27. The first-order chi connectivity index (χ1) is 7.16. The molecular weight excluding hydrogens is 196 g/mol. The fourth-order valence-electron chi connectivity index (χ4n) is 2.22. The number of hydrazine groups is 1. The third-order valence-corrected chi connectivity index (χ3v) is 3.27. The van der Waals surface area contributed by atoms with E-state index in [0.29, 0.717) is 6.42 Å². The van der Waals surface area contributed by atoms with Crippen LogP contribution in [0.1, 0.15) is 6.42 Å². The molecule has 6 nitrogen and oxygen atoms in total. The summed E-state index contributed by atoms with van der Waals surface area (Å²) in [5.74, 6) is -0.137. The fraction of sp³-hybridized carbons (Fsp3) is 0.778. The summed E-state index contributed by atoms with van der Waals surface area (Å²) in [5.41, 5.74) is 4.78. The number of quaternary nitrogens is 2. The van der Waals surface area contributed by atoms with E-state index in [1.807, 2.05) is 0 Å². The first kappa shape index (κ1) is 10.4. The van der Waals surface area contributed by atoms with Gasteiger partial charge in [-0.05, 0) is 0 Å². The van der Waals surface area contributed by atoms with E-state index in [1.165, 1.54) is 9.80 Å². The monoisotopic (exact) mass is 214 g/mol. The van der Waals surface area contributed by atoms with E-state index in [0.717, 1.165) is 26.2 Å². The van der Waals surface area contributed by atoms with E-state index < -0.39 is 0 Å². The van der Waals surface area contributed by atoms with Gasteiger partial charge in [0.25, 0.3) is 5.91 Å². The summed E-state index contributed by atoms with van der Waals surface area (Å²) in [6.45, 7) is 4.08. The van der Waals surface area contributed by atoms with Crippen LogP contribution in [0.3, 0.4) is 0 Å². The zero-order chi connectivity index (χ0) is 10.8. The largest absolute Gasteiger partial charge is 0.328 e. The maximum absolute atomic E-state index is 11.6. The molecule has 0 aromatic rings. The van der Waals surface area contributed by atoms with Gasteiger partial charge in [-0.25, -0.2) is 0 Å². The smallest absolute Gasteiger partial charge is 0.297 e. The van der Waals surface area contributed by atoms with Gasteiger partial charge in [-0.2, -0.15) is 0 Å². The lowest BCUT2D eigenvalue weighted by molar-refractivity contribution is -1.01. The minimum Gasteiger partial charge on any atom is -0.328 e. The third-order valence-electron chi connectivity index (χ3n) is 3.27. The lowest BCUT2D eigenvalue weighted by atomic mass is 10.1. The van der Waals surface area contributed by atoms with E-state index in [-0.39, 0.29) is 17.9 Å². The predicted octanol–water partition coefficient (Wildman–Crippen LogP) is -4.68. The Morgan fingerprint density at radius 2 is 1.80 bits per heavy atom. The predicted molar refractivity (Wildman–Crippen MR) is 52.0 cm³/mol. The van der Waals surface area contributed by atoms with Crippen molar-refractivity contribution in [1.82, 2.24) is 10.9 Å². The number of hydrogen-bond donors (Lipinski definition) is 4. The van der Waals surface area contributed by atoms with Gasteiger partial charge < -0.3 is 9.80 Å². The second kappa shape index (κ2) is 4.16. The van der Waals surface area contributed by atoms with Gasteiger partial charge in [0.1, 0.15) is 26.2 Å². The molecule has 0 aromatic carbocycles. The van der Waals surface area contributed by atoms with Crippen LogP contribution in [0.15, 0.2) is 0 Å². The Hall–Kier alpha value is -1.14. The molecule has 2 rings (SSSR count). The van der Waals surface area contributed by atoms with Gasteiger partial charge in [0.15, 0.2) is 6.04 Å². The van der Waals surface area contributed by atoms with Crippen LogP contribution in [0.4, 0.5) is 0 Å². The first-order valence-corrected chi connectivity index (χ1v) is 5.41. The van der Waals surface area contributed by atoms with Crippen LogP contribution < -0.4 is 20.7 Å². The summed E-state index contributed by atoms with van der Waals surface area (Å²) in [6.07, 6.45) is 0.320. The van der Waals surface area contributed by atoms with Crippen LogP contribution in [0.25, 0.3) is 0 Å². The molecule has 84 valence electrons. The normalized spacial score (nSPS) is 37.0. The van der Waals surface area contributed by atoms with Gasteiger partial charge in [0, 0.05) is 0 Å². The van der Waals surface area contributed by atoms with Gasteiger partial charge in [0.2, 0.25) is 5.91 Å². The Labute approximate surface area is 88.6 Å². The maximum Gasteiger partial charge on any atom is 0.297 e. The molecular formula is C9H18N4O2+2. The Balaban J connectivity index is 1.96. The summed E-state index contributed by atoms with van der Waals surface area (Å²) in [7, 11) is 2.16. The zero-order valence-corrected chi connectivity index (χ0v) is 8.93. The van der Waals surface area contributed by atoms with E-state index in [9.17, 15) is 9.59 Å². The van der Waals surface area contributed by atoms with Crippen molar-refractivity contribution in [3.05, 3.63) is 0 Å². The molecule has 1 atom stereocenters. The number of hydrogen-bond acceptors (Lipinski definition) is 2. The molecule has 0 unspecified atom stereocenters. The maximum atomic E-state index is 11.6. The minimum absolute atomic E-state index is 0.0517. The summed E-state index contributed by atoms with van der Waals surface area (Å²) >= 11 is 0. The van der Waals surface area contributed by atoms with Gasteiger partial charge in [-0.3, -0.25) is 20.4 Å². The van der Waals surface area contributed by atoms with Crippen LogP contribution in [-0.4, -0.2) is 51.1 Å². The fourth-order valence-corrected chi connectivity index (χ4v) is 2.22. The summed E-state index contributed by atoms with van der Waals surface area (Å²) in [4.78, 5) is 25.5. The Kier molecular flexibility index (Phi) is 2.88. The molecule has 2 amide bonds. The molecule has 2 heterocycles. The Bertz CT molecular complexity index is 273. The van der Waals surface area contributed by atoms with E-state index in [2.05, 4.69) is 17.9 Å². The lowest BCUT2D eigenvalue weighted by Crippen LogP contribution is -3.29. The van der Waals surface area contributed by atoms with Gasteiger partial charge in [0.05, 0.1) is 13.5 Å². The van der Waals surface area contributed by atoms with Crippen LogP contribution in [-0.2, 0) is 9.59 Å². The average Bonchev–Trinajstić information content (AvgIpc) is 2.23. The molecule has 0 spiro atoms. The molecule has 2 aliphatic rings. The molecule has 0 aromatic heterocycles. The van der Waals surface area contributed by atoms with Gasteiger partial charge in [-0.15, -0.1) is 0 Å². The molecule has 15 heavy (non-hydrogen) atoms. The molecule has 4 N–H and O–H groups in total. The van der Waals surface area contributed by atoms with E-state index >= 15 is 0 Å². The quantitative estimate of drug-likeness (QED) is 0.354. The molecule has 2 aliphatic heterocycles. The summed E-state index contributed by atoms with van der Waals surface area (Å²) in [5, 5.41) is 0. The van der Waals surface area contributed by atoms with Crippen molar-refractivity contribution in [3.63, 3.8) is 0 Å². The molecule has 2 saturated heterocycles. The average molecular weight is 214 g/mol. The zero-order valence-electron chi connectivity index (χ0n) is 8.93. The first-order valence-electron chi connectivity index (χ1n) is 5.41. The molecule has 0 aliphatic carbocycles. The molecule has 2 fully saturated rings. The number of likely N-dealkylation sites (N-methyl/N-ethyl adjacent to an activating group) is 1. The number of carbonyl (C=O) groups excluding carboxylic acids is 2. The van der Waals surface area contributed by atoms with Crippen molar-refractivity contribution < 1.29 is 19.4 Å². The van der Waals surface area contributed by atoms with Crippen LogP contribution in [0.5, 0.6) is 0 Å². The van der Waals surface area contributed by atoms with Crippen molar-refractivity contribution in [1.29, 1.82) is 0 Å². The highest BCUT2D eigenvalue weighted by molar-refractivity contribution is 5.92. The van der Waals surface area contributed by atoms with Gasteiger partial charge in [-0.1, -0.05) is 0 Å². The highest BCUT2D eigenvalue weighted by atomic mass is 16.2. The molecule has 0 radical (unpaired) electrons. The SMILES string of the molecule is C[NH+]1CC[NH+]([C@@H]2CC(=O)NNC2=O)CC1. The Morgan fingerprint density at radius 3 is 2.47 bits per heavy atom. The summed E-state index contributed by atoms with van der Waals surface area (Å²) in [6, 6.07) is -0.188. The second-order valence-corrected chi connectivity index (χ2v) is 4.41. The highest BCUT2D eigenvalue weighted by Gasteiger charge is 2.37. The van der Waals surface area contributed by atoms with Gasteiger partial charge >= 0.3 is 0 Å². The van der Waals surface area contributed by atoms with Crippen LogP contribution in [0.2, 0.25) is 0 Å². The molecule has 0 saturated carbocycles. The Morgan fingerprint density at radius 1 is 1.13 bits per heavy atom. The minimum atomic E-state index is -0.188. The number of amides is 2. The number of rotatable bonds is 1. The number of piperazine rings is 1. The van der Waals surface area contributed by atoms with Crippen molar-refractivity contribution in [2.75, 3.05) is 33.2 Å². The van der Waals surface area contributed by atoms with Crippen molar-refractivity contribution in [3.8, 4) is 0 Å². The highest BCUT2D eigenvalue weighted by Crippen LogP contribution is 1.92. The van der Waals surface area contributed by atoms with Crippen molar-refractivity contribution in [2.24, 2.45) is 0 Å². The lowest BCUT2D eigenvalue weighted by Gasteiger charge is -2.33.